The van der Waals surface area contributed by atoms with E-state index < -0.39 is 12.0 Å². The molecule has 0 aliphatic heterocycles. The van der Waals surface area contributed by atoms with Crippen LogP contribution in [0.25, 0.3) is 0 Å². The van der Waals surface area contributed by atoms with Crippen LogP contribution in [-0.4, -0.2) is 4.98 Å². The maximum Gasteiger partial charge on any atom is 0.265 e. The van der Waals surface area contributed by atoms with Crippen LogP contribution in [0.3, 0.4) is 0 Å². The molecule has 0 spiro atoms. The molecule has 12 heavy (non-hydrogen) atoms. The van der Waals surface area contributed by atoms with Gasteiger partial charge in [-0.1, -0.05) is 0 Å². The summed E-state index contributed by atoms with van der Waals surface area (Å²) in [4.78, 5) is 13.1. The standard InChI is InChI=1S/C6H3BrF2INO/c7-5-4(10)2(6(8)9)1-3(12)11-5/h1,6H,(H,11,12). The fraction of sp³-hybridized carbons (Fsp3) is 0.167. The van der Waals surface area contributed by atoms with E-state index in [1.165, 1.54) is 0 Å². The maximum atomic E-state index is 12.2. The van der Waals surface area contributed by atoms with E-state index in [0.717, 1.165) is 6.07 Å². The first kappa shape index (κ1) is 10.1. The van der Waals surface area contributed by atoms with Gasteiger partial charge in [0.1, 0.15) is 0 Å². The number of H-pyrrole nitrogens is 1. The molecule has 1 heterocycles. The minimum Gasteiger partial charge on any atom is -0.316 e. The Hall–Kier alpha value is 0.0200. The van der Waals surface area contributed by atoms with E-state index in [1.54, 1.807) is 22.6 Å². The zero-order valence-corrected chi connectivity index (χ0v) is 9.32. The Balaban J connectivity index is 3.38. The molecule has 0 fully saturated rings. The number of aromatic nitrogens is 1. The minimum absolute atomic E-state index is 0.244. The Bertz CT molecular complexity index is 352. The number of halogens is 4. The molecule has 6 heteroatoms. The summed E-state index contributed by atoms with van der Waals surface area (Å²) < 4.78 is 25.1. The summed E-state index contributed by atoms with van der Waals surface area (Å²) in [5.74, 6) is 0. The molecule has 0 saturated carbocycles. The SMILES string of the molecule is O=c1cc(C(F)F)c(I)c(Br)[nH]1. The van der Waals surface area contributed by atoms with Gasteiger partial charge in [-0.2, -0.15) is 0 Å². The van der Waals surface area contributed by atoms with E-state index in [9.17, 15) is 13.6 Å². The van der Waals surface area contributed by atoms with Crippen LogP contribution in [-0.2, 0) is 0 Å². The van der Waals surface area contributed by atoms with Gasteiger partial charge in [0.15, 0.2) is 0 Å². The quantitative estimate of drug-likeness (QED) is 0.613. The van der Waals surface area contributed by atoms with Crippen LogP contribution >= 0.6 is 38.5 Å². The van der Waals surface area contributed by atoms with Crippen molar-refractivity contribution in [3.05, 3.63) is 30.2 Å². The zero-order chi connectivity index (χ0) is 9.30. The molecule has 1 aromatic heterocycles. The molecule has 0 aliphatic rings. The first-order valence-electron chi connectivity index (χ1n) is 2.88. The first-order valence-corrected chi connectivity index (χ1v) is 4.76. The number of hydrogen-bond acceptors (Lipinski definition) is 1. The van der Waals surface area contributed by atoms with Crippen molar-refractivity contribution in [3.63, 3.8) is 0 Å². The second-order valence-electron chi connectivity index (χ2n) is 2.02. The molecule has 1 rings (SSSR count). The van der Waals surface area contributed by atoms with Crippen molar-refractivity contribution >= 4 is 38.5 Å². The monoisotopic (exact) mass is 349 g/mol. The predicted molar refractivity (Wildman–Crippen MR) is 52.4 cm³/mol. The summed E-state index contributed by atoms with van der Waals surface area (Å²) in [5, 5.41) is 0. The average molecular weight is 350 g/mol. The van der Waals surface area contributed by atoms with Crippen LogP contribution in [0.4, 0.5) is 8.78 Å². The van der Waals surface area contributed by atoms with Crippen LogP contribution in [0.5, 0.6) is 0 Å². The summed E-state index contributed by atoms with van der Waals surface area (Å²) in [6.45, 7) is 0. The average Bonchev–Trinajstić information content (AvgIpc) is 1.96. The number of alkyl halides is 2. The Morgan fingerprint density at radius 3 is 2.67 bits per heavy atom. The van der Waals surface area contributed by atoms with Gasteiger partial charge in [-0.05, 0) is 38.5 Å². The molecule has 1 aromatic rings. The van der Waals surface area contributed by atoms with E-state index in [2.05, 4.69) is 20.9 Å². The lowest BCUT2D eigenvalue weighted by Gasteiger charge is -2.03. The van der Waals surface area contributed by atoms with Crippen LogP contribution in [0.15, 0.2) is 15.5 Å². The number of nitrogens with one attached hydrogen (secondary N) is 1. The molecule has 0 aliphatic carbocycles. The van der Waals surface area contributed by atoms with Gasteiger partial charge in [-0.3, -0.25) is 4.79 Å². The van der Waals surface area contributed by atoms with Gasteiger partial charge in [-0.25, -0.2) is 8.78 Å². The number of rotatable bonds is 1. The normalized spacial score (nSPS) is 10.8. The molecule has 66 valence electrons. The van der Waals surface area contributed by atoms with Crippen molar-refractivity contribution in [2.24, 2.45) is 0 Å². The first-order chi connectivity index (χ1) is 5.52. The molecule has 2 nitrogen and oxygen atoms in total. The van der Waals surface area contributed by atoms with E-state index in [1.807, 2.05) is 0 Å². The van der Waals surface area contributed by atoms with E-state index in [-0.39, 0.29) is 5.56 Å². The third-order valence-corrected chi connectivity index (χ3v) is 3.70. The Kier molecular flexibility index (Phi) is 3.22. The highest BCUT2D eigenvalue weighted by molar-refractivity contribution is 14.1. The van der Waals surface area contributed by atoms with Crippen molar-refractivity contribution in [2.45, 2.75) is 6.43 Å². The van der Waals surface area contributed by atoms with Crippen molar-refractivity contribution in [2.75, 3.05) is 0 Å². The lowest BCUT2D eigenvalue weighted by atomic mass is 10.3. The maximum absolute atomic E-state index is 12.2. The highest BCUT2D eigenvalue weighted by Crippen LogP contribution is 2.26. The molecule has 0 atom stereocenters. The van der Waals surface area contributed by atoms with Crippen molar-refractivity contribution < 1.29 is 8.78 Å². The zero-order valence-electron chi connectivity index (χ0n) is 5.57. The Morgan fingerprint density at radius 1 is 1.58 bits per heavy atom. The van der Waals surface area contributed by atoms with E-state index in [0.29, 0.717) is 8.17 Å². The molecule has 0 unspecified atom stereocenters. The summed E-state index contributed by atoms with van der Waals surface area (Å²) in [6, 6.07) is 0.900. The van der Waals surface area contributed by atoms with Crippen molar-refractivity contribution in [1.82, 2.24) is 4.98 Å². The molecule has 0 saturated heterocycles. The summed E-state index contributed by atoms with van der Waals surface area (Å²) in [7, 11) is 0. The van der Waals surface area contributed by atoms with Gasteiger partial charge >= 0.3 is 0 Å². The van der Waals surface area contributed by atoms with E-state index >= 15 is 0 Å². The summed E-state index contributed by atoms with van der Waals surface area (Å²) >= 11 is 4.71. The second-order valence-corrected chi connectivity index (χ2v) is 3.89. The van der Waals surface area contributed by atoms with Gasteiger partial charge in [0, 0.05) is 11.6 Å². The number of hydrogen-bond donors (Lipinski definition) is 1. The smallest absolute Gasteiger partial charge is 0.265 e. The number of pyridine rings is 1. The van der Waals surface area contributed by atoms with Crippen LogP contribution in [0, 0.1) is 3.57 Å². The third kappa shape index (κ3) is 2.03. The Labute approximate surface area is 88.6 Å². The fourth-order valence-electron chi connectivity index (χ4n) is 0.689. The van der Waals surface area contributed by atoms with Gasteiger partial charge < -0.3 is 4.98 Å². The number of aromatic amines is 1. The topological polar surface area (TPSA) is 32.9 Å². The molecule has 0 radical (unpaired) electrons. The minimum atomic E-state index is -2.62. The summed E-state index contributed by atoms with van der Waals surface area (Å²) in [6.07, 6.45) is -2.62. The predicted octanol–water partition coefficient (Wildman–Crippen LogP) is 2.68. The molecule has 0 amide bonds. The largest absolute Gasteiger partial charge is 0.316 e. The van der Waals surface area contributed by atoms with Crippen molar-refractivity contribution in [1.29, 1.82) is 0 Å². The van der Waals surface area contributed by atoms with Gasteiger partial charge in [-0.15, -0.1) is 0 Å². The van der Waals surface area contributed by atoms with Gasteiger partial charge in [0.25, 0.3) is 6.43 Å². The molecule has 0 aromatic carbocycles. The fourth-order valence-corrected chi connectivity index (χ4v) is 1.64. The van der Waals surface area contributed by atoms with Gasteiger partial charge in [0.05, 0.1) is 8.17 Å². The van der Waals surface area contributed by atoms with E-state index in [4.69, 9.17) is 0 Å². The lowest BCUT2D eigenvalue weighted by Crippen LogP contribution is -2.08. The second kappa shape index (κ2) is 3.82. The highest BCUT2D eigenvalue weighted by atomic mass is 127. The molecular weight excluding hydrogens is 347 g/mol. The molecule has 0 bridgehead atoms. The lowest BCUT2D eigenvalue weighted by molar-refractivity contribution is 0.150. The molecule has 1 N–H and O–H groups in total. The Morgan fingerprint density at radius 2 is 2.17 bits per heavy atom. The van der Waals surface area contributed by atoms with Gasteiger partial charge in [0.2, 0.25) is 5.56 Å². The molecular formula is C6H3BrF2INO. The highest BCUT2D eigenvalue weighted by Gasteiger charge is 2.14. The summed E-state index contributed by atoms with van der Waals surface area (Å²) in [5.41, 5.74) is -0.774. The van der Waals surface area contributed by atoms with Crippen LogP contribution < -0.4 is 5.56 Å². The van der Waals surface area contributed by atoms with Crippen LogP contribution in [0.2, 0.25) is 0 Å². The van der Waals surface area contributed by atoms with Crippen molar-refractivity contribution in [3.8, 4) is 0 Å². The van der Waals surface area contributed by atoms with Crippen LogP contribution in [0.1, 0.15) is 12.0 Å². The third-order valence-electron chi connectivity index (χ3n) is 1.20.